The third-order valence-electron chi connectivity index (χ3n) is 3.81. The van der Waals surface area contributed by atoms with Gasteiger partial charge in [-0.1, -0.05) is 0 Å². The van der Waals surface area contributed by atoms with Crippen LogP contribution >= 0.6 is 0 Å². The van der Waals surface area contributed by atoms with Gasteiger partial charge in [0.05, 0.1) is 12.5 Å². The van der Waals surface area contributed by atoms with Crippen molar-refractivity contribution in [2.45, 2.75) is 19.9 Å². The number of hydrogen-bond donors (Lipinski definition) is 2. The third-order valence-corrected chi connectivity index (χ3v) is 3.81. The minimum atomic E-state index is -0.997. The second kappa shape index (κ2) is 7.25. The number of fused-ring (bicyclic) bond motifs is 1. The quantitative estimate of drug-likeness (QED) is 0.823. The van der Waals surface area contributed by atoms with Gasteiger partial charge in [0.2, 0.25) is 5.91 Å². The highest BCUT2D eigenvalue weighted by Crippen LogP contribution is 2.31. The fourth-order valence-corrected chi connectivity index (χ4v) is 2.68. The van der Waals surface area contributed by atoms with Crippen molar-refractivity contribution in [3.8, 4) is 11.5 Å². The Morgan fingerprint density at radius 1 is 1.44 bits per heavy atom. The first-order valence-electron chi connectivity index (χ1n) is 7.99. The predicted octanol–water partition coefficient (Wildman–Crippen LogP) is 1.56. The molecule has 3 rings (SSSR count). The normalized spacial score (nSPS) is 15.8. The summed E-state index contributed by atoms with van der Waals surface area (Å²) in [6.07, 6.45) is 2.04. The summed E-state index contributed by atoms with van der Waals surface area (Å²) in [5.41, 5.74) is 0.925. The monoisotopic (exact) mass is 345 g/mol. The van der Waals surface area contributed by atoms with Crippen molar-refractivity contribution in [2.75, 3.05) is 18.5 Å². The van der Waals surface area contributed by atoms with Gasteiger partial charge in [-0.15, -0.1) is 0 Å². The SMILES string of the molecule is CCOc1ccc2c(c1)CC(C(=O)Nc1ccn(CC(=O)O)n1)CO2. The number of aliphatic carboxylic acids is 1. The van der Waals surface area contributed by atoms with Crippen LogP contribution in [0.1, 0.15) is 12.5 Å². The van der Waals surface area contributed by atoms with Crippen molar-refractivity contribution in [3.63, 3.8) is 0 Å². The van der Waals surface area contributed by atoms with Gasteiger partial charge in [-0.05, 0) is 37.1 Å². The molecule has 1 unspecified atom stereocenters. The van der Waals surface area contributed by atoms with Crippen LogP contribution in [0, 0.1) is 5.92 Å². The first-order chi connectivity index (χ1) is 12.0. The number of nitrogens with zero attached hydrogens (tertiary/aromatic N) is 2. The van der Waals surface area contributed by atoms with Crippen molar-refractivity contribution in [1.82, 2.24) is 9.78 Å². The summed E-state index contributed by atoms with van der Waals surface area (Å²) in [5.74, 6) is 0.266. The molecular formula is C17H19N3O5. The molecule has 132 valence electrons. The molecule has 1 aliphatic rings. The standard InChI is InChI=1S/C17H19N3O5/c1-2-24-13-3-4-14-11(8-13)7-12(10-25-14)17(23)18-15-5-6-20(19-15)9-16(21)22/h3-6,8,12H,2,7,9-10H2,1H3,(H,21,22)(H,18,19,23). The van der Waals surface area contributed by atoms with E-state index in [0.717, 1.165) is 17.1 Å². The first-order valence-corrected chi connectivity index (χ1v) is 7.99. The number of hydrogen-bond acceptors (Lipinski definition) is 5. The van der Waals surface area contributed by atoms with Crippen molar-refractivity contribution in [2.24, 2.45) is 5.92 Å². The number of amides is 1. The second-order valence-electron chi connectivity index (χ2n) is 5.70. The highest BCUT2D eigenvalue weighted by molar-refractivity contribution is 5.92. The van der Waals surface area contributed by atoms with Crippen LogP contribution in [0.2, 0.25) is 0 Å². The summed E-state index contributed by atoms with van der Waals surface area (Å²) in [7, 11) is 0. The van der Waals surface area contributed by atoms with Crippen LogP contribution in [0.4, 0.5) is 5.82 Å². The van der Waals surface area contributed by atoms with E-state index in [9.17, 15) is 9.59 Å². The van der Waals surface area contributed by atoms with Gasteiger partial charge in [-0.2, -0.15) is 5.10 Å². The summed E-state index contributed by atoms with van der Waals surface area (Å²) >= 11 is 0. The van der Waals surface area contributed by atoms with E-state index in [1.165, 1.54) is 10.9 Å². The van der Waals surface area contributed by atoms with Crippen LogP contribution in [-0.4, -0.2) is 40.0 Å². The van der Waals surface area contributed by atoms with E-state index in [1.54, 1.807) is 6.07 Å². The molecule has 1 amide bonds. The lowest BCUT2D eigenvalue weighted by molar-refractivity contribution is -0.137. The molecule has 1 aromatic carbocycles. The van der Waals surface area contributed by atoms with Crippen molar-refractivity contribution in [1.29, 1.82) is 0 Å². The summed E-state index contributed by atoms with van der Waals surface area (Å²) in [5, 5.41) is 15.5. The molecule has 0 saturated heterocycles. The number of rotatable bonds is 6. The van der Waals surface area contributed by atoms with Crippen molar-refractivity contribution in [3.05, 3.63) is 36.0 Å². The lowest BCUT2D eigenvalue weighted by Crippen LogP contribution is -2.32. The highest BCUT2D eigenvalue weighted by atomic mass is 16.5. The number of benzene rings is 1. The van der Waals surface area contributed by atoms with E-state index < -0.39 is 5.97 Å². The lowest BCUT2D eigenvalue weighted by atomic mass is 9.96. The Balaban J connectivity index is 1.64. The summed E-state index contributed by atoms with van der Waals surface area (Å²) in [6.45, 7) is 2.51. The Bertz CT molecular complexity index is 786. The van der Waals surface area contributed by atoms with Gasteiger partial charge in [0.1, 0.15) is 24.7 Å². The summed E-state index contributed by atoms with van der Waals surface area (Å²) in [6, 6.07) is 7.14. The molecule has 0 radical (unpaired) electrons. The molecular weight excluding hydrogens is 326 g/mol. The largest absolute Gasteiger partial charge is 0.494 e. The molecule has 2 aromatic rings. The van der Waals surface area contributed by atoms with Gasteiger partial charge >= 0.3 is 5.97 Å². The number of carbonyl (C=O) groups excluding carboxylic acids is 1. The van der Waals surface area contributed by atoms with Gasteiger partial charge in [0, 0.05) is 12.3 Å². The number of nitrogens with one attached hydrogen (secondary N) is 1. The molecule has 25 heavy (non-hydrogen) atoms. The van der Waals surface area contributed by atoms with Crippen LogP contribution in [0.3, 0.4) is 0 Å². The zero-order valence-electron chi connectivity index (χ0n) is 13.8. The topological polar surface area (TPSA) is 103 Å². The van der Waals surface area contributed by atoms with Gasteiger partial charge in [0.25, 0.3) is 0 Å². The van der Waals surface area contributed by atoms with Gasteiger partial charge in [-0.3, -0.25) is 14.3 Å². The van der Waals surface area contributed by atoms with E-state index in [2.05, 4.69) is 10.4 Å². The number of carbonyl (C=O) groups is 2. The molecule has 2 N–H and O–H groups in total. The fraction of sp³-hybridized carbons (Fsp3) is 0.353. The Morgan fingerprint density at radius 3 is 3.04 bits per heavy atom. The number of aromatic nitrogens is 2. The van der Waals surface area contributed by atoms with Crippen LogP contribution < -0.4 is 14.8 Å². The minimum Gasteiger partial charge on any atom is -0.494 e. The second-order valence-corrected chi connectivity index (χ2v) is 5.70. The molecule has 0 bridgehead atoms. The summed E-state index contributed by atoms with van der Waals surface area (Å²) in [4.78, 5) is 23.1. The van der Waals surface area contributed by atoms with E-state index >= 15 is 0 Å². The Morgan fingerprint density at radius 2 is 2.28 bits per heavy atom. The molecule has 1 aliphatic heterocycles. The fourth-order valence-electron chi connectivity index (χ4n) is 2.68. The van der Waals surface area contributed by atoms with Crippen LogP contribution in [0.15, 0.2) is 30.5 Å². The molecule has 1 atom stereocenters. The number of carboxylic acid groups (broad SMARTS) is 1. The van der Waals surface area contributed by atoms with Crippen molar-refractivity contribution < 1.29 is 24.2 Å². The van der Waals surface area contributed by atoms with E-state index in [-0.39, 0.29) is 25.0 Å². The van der Waals surface area contributed by atoms with E-state index in [4.69, 9.17) is 14.6 Å². The molecule has 2 heterocycles. The van der Waals surface area contributed by atoms with Crippen molar-refractivity contribution >= 4 is 17.7 Å². The zero-order valence-corrected chi connectivity index (χ0v) is 13.8. The predicted molar refractivity (Wildman–Crippen MR) is 88.8 cm³/mol. The minimum absolute atomic E-state index is 0.215. The molecule has 0 spiro atoms. The molecule has 0 saturated carbocycles. The van der Waals surface area contributed by atoms with Crippen LogP contribution in [0.25, 0.3) is 0 Å². The lowest BCUT2D eigenvalue weighted by Gasteiger charge is -2.24. The Labute approximate surface area is 144 Å². The molecule has 0 aliphatic carbocycles. The Hall–Kier alpha value is -3.03. The van der Waals surface area contributed by atoms with Gasteiger partial charge in [-0.25, -0.2) is 0 Å². The van der Waals surface area contributed by atoms with E-state index in [1.807, 2.05) is 25.1 Å². The maximum atomic E-state index is 12.4. The number of anilines is 1. The van der Waals surface area contributed by atoms with Crippen LogP contribution in [-0.2, 0) is 22.6 Å². The maximum Gasteiger partial charge on any atom is 0.325 e. The summed E-state index contributed by atoms with van der Waals surface area (Å²) < 4.78 is 12.4. The Kier molecular flexibility index (Phi) is 4.87. The smallest absolute Gasteiger partial charge is 0.325 e. The van der Waals surface area contributed by atoms with E-state index in [0.29, 0.717) is 18.8 Å². The average Bonchev–Trinajstić information content (AvgIpc) is 3.00. The number of ether oxygens (including phenoxy) is 2. The average molecular weight is 345 g/mol. The third kappa shape index (κ3) is 4.09. The molecule has 1 aromatic heterocycles. The van der Waals surface area contributed by atoms with Gasteiger partial charge in [0.15, 0.2) is 5.82 Å². The number of carboxylic acids is 1. The molecule has 8 heteroatoms. The first kappa shape index (κ1) is 16.8. The van der Waals surface area contributed by atoms with Gasteiger partial charge < -0.3 is 19.9 Å². The zero-order chi connectivity index (χ0) is 17.8. The maximum absolute atomic E-state index is 12.4. The highest BCUT2D eigenvalue weighted by Gasteiger charge is 2.27. The molecule has 0 fully saturated rings. The van der Waals surface area contributed by atoms with Crippen LogP contribution in [0.5, 0.6) is 11.5 Å². The molecule has 8 nitrogen and oxygen atoms in total.